The Bertz CT molecular complexity index is 1200. The summed E-state index contributed by atoms with van der Waals surface area (Å²) in [4.78, 5) is 29.7. The van der Waals surface area contributed by atoms with Crippen LogP contribution in [0, 0.1) is 0 Å². The van der Waals surface area contributed by atoms with Gasteiger partial charge in [0.25, 0.3) is 5.56 Å². The highest BCUT2D eigenvalue weighted by atomic mass is 32.1. The summed E-state index contributed by atoms with van der Waals surface area (Å²) in [7, 11) is 0. The number of fused-ring (bicyclic) bond motifs is 1. The quantitative estimate of drug-likeness (QED) is 0.563. The summed E-state index contributed by atoms with van der Waals surface area (Å²) in [6.07, 6.45) is 2.23. The number of hydrogen-bond acceptors (Lipinski definition) is 5. The van der Waals surface area contributed by atoms with E-state index in [9.17, 15) is 9.59 Å². The number of carbonyl (C=O) groups excluding carboxylic acids is 1. The average Bonchev–Trinajstić information content (AvgIpc) is 3.16. The van der Waals surface area contributed by atoms with Gasteiger partial charge >= 0.3 is 0 Å². The van der Waals surface area contributed by atoms with Gasteiger partial charge in [0.1, 0.15) is 22.5 Å². The second kappa shape index (κ2) is 7.74. The number of nitrogens with one attached hydrogen (secondary N) is 1. The highest BCUT2D eigenvalue weighted by Gasteiger charge is 2.15. The summed E-state index contributed by atoms with van der Waals surface area (Å²) in [5.41, 5.74) is 3.71. The molecular weight excluding hydrogens is 372 g/mol. The van der Waals surface area contributed by atoms with E-state index < -0.39 is 0 Å². The van der Waals surface area contributed by atoms with E-state index in [1.165, 1.54) is 10.9 Å². The predicted octanol–water partition coefficient (Wildman–Crippen LogP) is 3.72. The molecule has 4 aromatic rings. The zero-order chi connectivity index (χ0) is 19.5. The van der Waals surface area contributed by atoms with Crippen molar-refractivity contribution in [3.8, 4) is 11.3 Å². The molecule has 1 amide bonds. The van der Waals surface area contributed by atoms with Gasteiger partial charge in [-0.1, -0.05) is 55.5 Å². The van der Waals surface area contributed by atoms with Gasteiger partial charge in [0.05, 0.1) is 6.33 Å². The third-order valence-electron chi connectivity index (χ3n) is 4.48. The highest BCUT2D eigenvalue weighted by Crippen LogP contribution is 2.26. The van der Waals surface area contributed by atoms with E-state index >= 15 is 0 Å². The number of amides is 1. The molecule has 0 aliphatic carbocycles. The Morgan fingerprint density at radius 3 is 2.64 bits per heavy atom. The van der Waals surface area contributed by atoms with Crippen LogP contribution in [0.1, 0.15) is 12.5 Å². The minimum Gasteiger partial charge on any atom is -0.324 e. The van der Waals surface area contributed by atoms with Gasteiger partial charge in [-0.15, -0.1) is 0 Å². The number of anilines is 1. The summed E-state index contributed by atoms with van der Waals surface area (Å²) in [5.74, 6) is -0.267. The first kappa shape index (κ1) is 18.1. The topological polar surface area (TPSA) is 76.9 Å². The molecular formula is C21H18N4O2S. The van der Waals surface area contributed by atoms with Gasteiger partial charge in [0, 0.05) is 11.3 Å². The van der Waals surface area contributed by atoms with Gasteiger partial charge in [0.2, 0.25) is 5.91 Å². The molecule has 0 aliphatic heterocycles. The summed E-state index contributed by atoms with van der Waals surface area (Å²) in [6, 6.07) is 17.3. The Balaban J connectivity index is 1.61. The Kier molecular flexibility index (Phi) is 4.99. The number of nitrogens with zero attached hydrogens (tertiary/aromatic N) is 3. The van der Waals surface area contributed by atoms with Crippen LogP contribution >= 0.6 is 11.5 Å². The van der Waals surface area contributed by atoms with Crippen LogP contribution in [0.25, 0.3) is 21.5 Å². The molecule has 0 aliphatic rings. The molecule has 0 bridgehead atoms. The Morgan fingerprint density at radius 1 is 1.11 bits per heavy atom. The van der Waals surface area contributed by atoms with Crippen molar-refractivity contribution in [3.63, 3.8) is 0 Å². The lowest BCUT2D eigenvalue weighted by Gasteiger charge is -2.10. The van der Waals surface area contributed by atoms with Crippen molar-refractivity contribution in [3.05, 3.63) is 76.8 Å². The van der Waals surface area contributed by atoms with E-state index in [0.29, 0.717) is 15.9 Å². The Hall–Kier alpha value is -3.32. The van der Waals surface area contributed by atoms with Crippen LogP contribution in [0.2, 0.25) is 0 Å². The van der Waals surface area contributed by atoms with Gasteiger partial charge in [-0.05, 0) is 29.6 Å². The molecule has 4 rings (SSSR count). The van der Waals surface area contributed by atoms with Gasteiger partial charge < -0.3 is 5.32 Å². The summed E-state index contributed by atoms with van der Waals surface area (Å²) in [5, 5.41) is 2.88. The summed E-state index contributed by atoms with van der Waals surface area (Å²) >= 11 is 1.11. The third kappa shape index (κ3) is 3.44. The minimum atomic E-state index is -0.267. The fourth-order valence-corrected chi connectivity index (χ4v) is 3.85. The average molecular weight is 390 g/mol. The van der Waals surface area contributed by atoms with E-state index in [-0.39, 0.29) is 18.0 Å². The number of carbonyl (C=O) groups is 1. The molecule has 140 valence electrons. The van der Waals surface area contributed by atoms with Crippen molar-refractivity contribution in [2.45, 2.75) is 19.9 Å². The molecule has 0 radical (unpaired) electrons. The molecule has 6 nitrogen and oxygen atoms in total. The molecule has 1 N–H and O–H groups in total. The second-order valence-electron chi connectivity index (χ2n) is 6.31. The largest absolute Gasteiger partial charge is 0.324 e. The molecule has 2 aromatic heterocycles. The zero-order valence-electron chi connectivity index (χ0n) is 15.3. The predicted molar refractivity (Wildman–Crippen MR) is 112 cm³/mol. The normalized spacial score (nSPS) is 10.9. The smallest absolute Gasteiger partial charge is 0.273 e. The van der Waals surface area contributed by atoms with E-state index in [2.05, 4.69) is 14.7 Å². The lowest BCUT2D eigenvalue weighted by Crippen LogP contribution is -2.27. The van der Waals surface area contributed by atoms with Gasteiger partial charge in [-0.2, -0.15) is 4.37 Å². The number of rotatable bonds is 5. The van der Waals surface area contributed by atoms with Crippen molar-refractivity contribution >= 4 is 33.3 Å². The van der Waals surface area contributed by atoms with Crippen molar-refractivity contribution in [2.24, 2.45) is 0 Å². The number of hydrogen-bond donors (Lipinski definition) is 1. The Morgan fingerprint density at radius 2 is 1.86 bits per heavy atom. The lowest BCUT2D eigenvalue weighted by molar-refractivity contribution is -0.116. The first-order chi connectivity index (χ1) is 13.7. The maximum atomic E-state index is 12.8. The Labute approximate surface area is 165 Å². The molecule has 7 heteroatoms. The number of aryl methyl sites for hydroxylation is 1. The molecule has 0 fully saturated rings. The molecule has 2 heterocycles. The van der Waals surface area contributed by atoms with Crippen molar-refractivity contribution in [1.82, 2.24) is 13.9 Å². The second-order valence-corrected chi connectivity index (χ2v) is 7.08. The molecule has 2 aromatic carbocycles. The summed E-state index contributed by atoms with van der Waals surface area (Å²) < 4.78 is 6.17. The van der Waals surface area contributed by atoms with Crippen LogP contribution in [0.4, 0.5) is 5.69 Å². The zero-order valence-corrected chi connectivity index (χ0v) is 16.1. The van der Waals surface area contributed by atoms with Crippen LogP contribution < -0.4 is 10.9 Å². The van der Waals surface area contributed by atoms with E-state index in [4.69, 9.17) is 0 Å². The van der Waals surface area contributed by atoms with Crippen LogP contribution in [0.15, 0.2) is 65.7 Å². The highest BCUT2D eigenvalue weighted by molar-refractivity contribution is 7.13. The molecule has 28 heavy (non-hydrogen) atoms. The molecule has 0 unspecified atom stereocenters. The van der Waals surface area contributed by atoms with Gasteiger partial charge in [-0.3, -0.25) is 14.2 Å². The minimum absolute atomic E-state index is 0.0988. The molecule has 0 atom stereocenters. The van der Waals surface area contributed by atoms with E-state index in [1.54, 1.807) is 0 Å². The third-order valence-corrected chi connectivity index (χ3v) is 5.31. The van der Waals surface area contributed by atoms with E-state index in [0.717, 1.165) is 34.8 Å². The van der Waals surface area contributed by atoms with Crippen molar-refractivity contribution < 1.29 is 4.79 Å². The standard InChI is InChI=1S/C21H18N4O2S/c1-2-14-8-6-7-11-16(14)23-17(26)12-25-13-22-19-18(15-9-4-3-5-10-15)24-28-20(19)21(25)27/h3-11,13H,2,12H2,1H3,(H,23,26). The SMILES string of the molecule is CCc1ccccc1NC(=O)Cn1cnc2c(-c3ccccc3)nsc2c1=O. The number of benzene rings is 2. The maximum Gasteiger partial charge on any atom is 0.273 e. The van der Waals surface area contributed by atoms with Crippen molar-refractivity contribution in [1.29, 1.82) is 0 Å². The number of aromatic nitrogens is 3. The number of para-hydroxylation sites is 1. The van der Waals surface area contributed by atoms with Crippen LogP contribution in [0.5, 0.6) is 0 Å². The van der Waals surface area contributed by atoms with Gasteiger partial charge in [0.15, 0.2) is 0 Å². The molecule has 0 saturated heterocycles. The first-order valence-corrected chi connectivity index (χ1v) is 9.72. The van der Waals surface area contributed by atoms with Crippen molar-refractivity contribution in [2.75, 3.05) is 5.32 Å². The van der Waals surface area contributed by atoms with E-state index in [1.807, 2.05) is 61.5 Å². The maximum absolute atomic E-state index is 12.8. The fourth-order valence-electron chi connectivity index (χ4n) is 3.05. The first-order valence-electron chi connectivity index (χ1n) is 8.95. The fraction of sp³-hybridized carbons (Fsp3) is 0.143. The van der Waals surface area contributed by atoms with Crippen LogP contribution in [-0.4, -0.2) is 19.8 Å². The monoisotopic (exact) mass is 390 g/mol. The lowest BCUT2D eigenvalue weighted by atomic mass is 10.1. The van der Waals surface area contributed by atoms with Crippen LogP contribution in [0.3, 0.4) is 0 Å². The van der Waals surface area contributed by atoms with Gasteiger partial charge in [-0.25, -0.2) is 4.98 Å². The van der Waals surface area contributed by atoms with Crippen LogP contribution in [-0.2, 0) is 17.8 Å². The molecule has 0 saturated carbocycles. The molecule has 0 spiro atoms. The summed E-state index contributed by atoms with van der Waals surface area (Å²) in [6.45, 7) is 1.93.